The minimum atomic E-state index is -0.365. The van der Waals surface area contributed by atoms with Crippen molar-refractivity contribution < 1.29 is 4.92 Å². The molecule has 0 heterocycles. The molecule has 0 N–H and O–H groups in total. The predicted molar refractivity (Wildman–Crippen MR) is 64.7 cm³/mol. The fourth-order valence-corrected chi connectivity index (χ4v) is 1.72. The average Bonchev–Trinajstić information content (AvgIpc) is 2.27. The molecule has 0 radical (unpaired) electrons. The second-order valence-corrected chi connectivity index (χ2v) is 4.20. The summed E-state index contributed by atoms with van der Waals surface area (Å²) in [5.74, 6) is 0.472. The molecule has 3 nitrogen and oxygen atoms in total. The first-order valence-corrected chi connectivity index (χ1v) is 5.26. The minimum Gasteiger partial charge on any atom is -0.258 e. The van der Waals surface area contributed by atoms with Gasteiger partial charge in [-0.3, -0.25) is 10.1 Å². The van der Waals surface area contributed by atoms with Crippen LogP contribution in [0.25, 0.3) is 10.8 Å². The lowest BCUT2D eigenvalue weighted by Gasteiger charge is -2.06. The van der Waals surface area contributed by atoms with Crippen LogP contribution in [0.5, 0.6) is 0 Å². The smallest absolute Gasteiger partial charge is 0.258 e. The molecule has 0 saturated heterocycles. The molecule has 16 heavy (non-hydrogen) atoms. The first kappa shape index (κ1) is 10.6. The SMILES string of the molecule is CC(C)c1ccc2cc([N+](=O)[O-])ccc2c1. The highest BCUT2D eigenvalue weighted by atomic mass is 16.6. The van der Waals surface area contributed by atoms with Crippen LogP contribution >= 0.6 is 0 Å². The van der Waals surface area contributed by atoms with Crippen LogP contribution in [0.2, 0.25) is 0 Å². The Kier molecular flexibility index (Phi) is 2.60. The van der Waals surface area contributed by atoms with Crippen LogP contribution in [0.1, 0.15) is 25.3 Å². The molecule has 0 fully saturated rings. The fraction of sp³-hybridized carbons (Fsp3) is 0.231. The average molecular weight is 215 g/mol. The van der Waals surface area contributed by atoms with E-state index >= 15 is 0 Å². The van der Waals surface area contributed by atoms with Gasteiger partial charge in [0.15, 0.2) is 0 Å². The molecule has 2 aromatic rings. The van der Waals surface area contributed by atoms with Crippen LogP contribution in [0.3, 0.4) is 0 Å². The third kappa shape index (κ3) is 1.89. The zero-order valence-corrected chi connectivity index (χ0v) is 9.31. The van der Waals surface area contributed by atoms with Gasteiger partial charge in [-0.1, -0.05) is 32.0 Å². The quantitative estimate of drug-likeness (QED) is 0.563. The number of benzene rings is 2. The maximum Gasteiger partial charge on any atom is 0.270 e. The lowest BCUT2D eigenvalue weighted by Crippen LogP contribution is -1.89. The molecule has 0 aliphatic carbocycles. The number of hydrogen-bond donors (Lipinski definition) is 0. The van der Waals surface area contributed by atoms with E-state index < -0.39 is 0 Å². The van der Waals surface area contributed by atoms with Gasteiger partial charge >= 0.3 is 0 Å². The van der Waals surface area contributed by atoms with Crippen LogP contribution in [-0.4, -0.2) is 4.92 Å². The van der Waals surface area contributed by atoms with Crippen LogP contribution in [-0.2, 0) is 0 Å². The lowest BCUT2D eigenvalue weighted by atomic mass is 9.99. The summed E-state index contributed by atoms with van der Waals surface area (Å²) in [5.41, 5.74) is 1.39. The van der Waals surface area contributed by atoms with Crippen molar-refractivity contribution in [3.8, 4) is 0 Å². The molecule has 0 aliphatic rings. The maximum absolute atomic E-state index is 10.6. The molecule has 0 unspecified atom stereocenters. The Morgan fingerprint density at radius 3 is 2.31 bits per heavy atom. The third-order valence-electron chi connectivity index (χ3n) is 2.73. The Hall–Kier alpha value is -1.90. The van der Waals surface area contributed by atoms with Crippen molar-refractivity contribution in [1.29, 1.82) is 0 Å². The van der Waals surface area contributed by atoms with Gasteiger partial charge in [0.25, 0.3) is 5.69 Å². The highest BCUT2D eigenvalue weighted by Crippen LogP contribution is 2.24. The summed E-state index contributed by atoms with van der Waals surface area (Å²) in [4.78, 5) is 10.3. The van der Waals surface area contributed by atoms with E-state index in [-0.39, 0.29) is 10.6 Å². The summed E-state index contributed by atoms with van der Waals surface area (Å²) < 4.78 is 0. The van der Waals surface area contributed by atoms with Gasteiger partial charge < -0.3 is 0 Å². The Bertz CT molecular complexity index is 547. The highest BCUT2D eigenvalue weighted by molar-refractivity contribution is 5.85. The molecular formula is C13H13NO2. The van der Waals surface area contributed by atoms with Crippen molar-refractivity contribution >= 4 is 16.5 Å². The van der Waals surface area contributed by atoms with Crippen LogP contribution < -0.4 is 0 Å². The number of nitrogens with zero attached hydrogens (tertiary/aromatic N) is 1. The van der Waals surface area contributed by atoms with Crippen molar-refractivity contribution in [2.75, 3.05) is 0 Å². The van der Waals surface area contributed by atoms with E-state index in [2.05, 4.69) is 19.9 Å². The number of nitro groups is 1. The van der Waals surface area contributed by atoms with Crippen molar-refractivity contribution in [2.45, 2.75) is 19.8 Å². The first-order chi connectivity index (χ1) is 7.58. The largest absolute Gasteiger partial charge is 0.270 e. The van der Waals surface area contributed by atoms with E-state index in [1.54, 1.807) is 18.2 Å². The summed E-state index contributed by atoms with van der Waals surface area (Å²) in [5, 5.41) is 12.6. The maximum atomic E-state index is 10.6. The van der Waals surface area contributed by atoms with E-state index in [0.29, 0.717) is 5.92 Å². The van der Waals surface area contributed by atoms with E-state index in [0.717, 1.165) is 10.8 Å². The molecule has 0 aromatic heterocycles. The van der Waals surface area contributed by atoms with Gasteiger partial charge in [-0.15, -0.1) is 0 Å². The van der Waals surface area contributed by atoms with Crippen LogP contribution in [0.15, 0.2) is 36.4 Å². The van der Waals surface area contributed by atoms with E-state index in [9.17, 15) is 10.1 Å². The number of fused-ring (bicyclic) bond motifs is 1. The molecule has 0 saturated carbocycles. The molecule has 0 amide bonds. The Morgan fingerprint density at radius 2 is 1.69 bits per heavy atom. The zero-order chi connectivity index (χ0) is 11.7. The van der Waals surface area contributed by atoms with Gasteiger partial charge in [0.1, 0.15) is 0 Å². The van der Waals surface area contributed by atoms with Crippen molar-refractivity contribution in [2.24, 2.45) is 0 Å². The molecule has 3 heteroatoms. The molecule has 0 aliphatic heterocycles. The summed E-state index contributed by atoms with van der Waals surface area (Å²) in [6, 6.07) is 11.0. The monoisotopic (exact) mass is 215 g/mol. The summed E-state index contributed by atoms with van der Waals surface area (Å²) in [6.45, 7) is 4.26. The molecule has 2 aromatic carbocycles. The second kappa shape index (κ2) is 3.93. The summed E-state index contributed by atoms with van der Waals surface area (Å²) in [6.07, 6.45) is 0. The second-order valence-electron chi connectivity index (χ2n) is 4.20. The summed E-state index contributed by atoms with van der Waals surface area (Å²) in [7, 11) is 0. The topological polar surface area (TPSA) is 43.1 Å². The van der Waals surface area contributed by atoms with Crippen LogP contribution in [0, 0.1) is 10.1 Å². The molecule has 0 atom stereocenters. The number of hydrogen-bond acceptors (Lipinski definition) is 2. The summed E-state index contributed by atoms with van der Waals surface area (Å²) >= 11 is 0. The Balaban J connectivity index is 2.57. The fourth-order valence-electron chi connectivity index (χ4n) is 1.72. The van der Waals surface area contributed by atoms with Crippen molar-refractivity contribution in [3.63, 3.8) is 0 Å². The van der Waals surface area contributed by atoms with Gasteiger partial charge in [0, 0.05) is 12.1 Å². The number of rotatable bonds is 2. The van der Waals surface area contributed by atoms with Gasteiger partial charge in [-0.25, -0.2) is 0 Å². The predicted octanol–water partition coefficient (Wildman–Crippen LogP) is 3.87. The normalized spacial score (nSPS) is 10.9. The molecule has 0 spiro atoms. The molecular weight excluding hydrogens is 202 g/mol. The standard InChI is InChI=1S/C13H13NO2/c1-9(2)10-3-4-12-8-13(14(15)16)6-5-11(12)7-10/h3-9H,1-2H3. The van der Waals surface area contributed by atoms with Gasteiger partial charge in [-0.05, 0) is 28.3 Å². The zero-order valence-electron chi connectivity index (χ0n) is 9.31. The van der Waals surface area contributed by atoms with Gasteiger partial charge in [0.05, 0.1) is 4.92 Å². The minimum absolute atomic E-state index is 0.143. The van der Waals surface area contributed by atoms with Gasteiger partial charge in [0.2, 0.25) is 0 Å². The van der Waals surface area contributed by atoms with Crippen molar-refractivity contribution in [3.05, 3.63) is 52.1 Å². The lowest BCUT2D eigenvalue weighted by molar-refractivity contribution is -0.384. The van der Waals surface area contributed by atoms with Crippen molar-refractivity contribution in [1.82, 2.24) is 0 Å². The number of non-ortho nitro benzene ring substituents is 1. The Morgan fingerprint density at radius 1 is 1.06 bits per heavy atom. The molecule has 0 bridgehead atoms. The first-order valence-electron chi connectivity index (χ1n) is 5.26. The van der Waals surface area contributed by atoms with E-state index in [4.69, 9.17) is 0 Å². The highest BCUT2D eigenvalue weighted by Gasteiger charge is 2.06. The van der Waals surface area contributed by atoms with Crippen LogP contribution in [0.4, 0.5) is 5.69 Å². The molecule has 2 rings (SSSR count). The Labute approximate surface area is 93.9 Å². The molecule has 82 valence electrons. The number of nitro benzene ring substituents is 1. The van der Waals surface area contributed by atoms with E-state index in [1.165, 1.54) is 5.56 Å². The van der Waals surface area contributed by atoms with Gasteiger partial charge in [-0.2, -0.15) is 0 Å². The van der Waals surface area contributed by atoms with E-state index in [1.807, 2.05) is 12.1 Å². The third-order valence-corrected chi connectivity index (χ3v) is 2.73.